The Morgan fingerprint density at radius 3 is 2.25 bits per heavy atom. The van der Waals surface area contributed by atoms with E-state index in [1.807, 2.05) is 52.8 Å². The van der Waals surface area contributed by atoms with Crippen molar-refractivity contribution in [1.82, 2.24) is 10.2 Å². The lowest BCUT2D eigenvalue weighted by Crippen LogP contribution is -2.50. The van der Waals surface area contributed by atoms with Crippen molar-refractivity contribution in [3.63, 3.8) is 0 Å². The molecule has 6 nitrogen and oxygen atoms in total. The Bertz CT molecular complexity index is 1020. The second-order valence-corrected chi connectivity index (χ2v) is 9.49. The Hall–Kier alpha value is -2.44. The number of aryl methyl sites for hydroxylation is 1. The number of carbonyl (C=O) groups excluding carboxylic acids is 2. The van der Waals surface area contributed by atoms with Crippen molar-refractivity contribution in [2.45, 2.75) is 78.9 Å². The number of hydrogen-bond donors (Lipinski definition) is 1. The molecule has 0 bridgehead atoms. The van der Waals surface area contributed by atoms with Crippen LogP contribution in [0.1, 0.15) is 65.0 Å². The highest BCUT2D eigenvalue weighted by atomic mass is 35.5. The average Bonchev–Trinajstić information content (AvgIpc) is 2.85. The highest BCUT2D eigenvalue weighted by molar-refractivity contribution is 6.35. The van der Waals surface area contributed by atoms with Crippen molar-refractivity contribution < 1.29 is 19.1 Å². The van der Waals surface area contributed by atoms with Gasteiger partial charge >= 0.3 is 0 Å². The molecule has 0 saturated heterocycles. The molecular formula is C28H38Cl2N2O4. The van der Waals surface area contributed by atoms with Crippen LogP contribution in [0, 0.1) is 0 Å². The monoisotopic (exact) mass is 536 g/mol. The minimum Gasteiger partial charge on any atom is -0.490 e. The van der Waals surface area contributed by atoms with Gasteiger partial charge in [0.1, 0.15) is 6.04 Å². The zero-order chi connectivity index (χ0) is 26.7. The van der Waals surface area contributed by atoms with Gasteiger partial charge in [0.25, 0.3) is 0 Å². The van der Waals surface area contributed by atoms with E-state index in [-0.39, 0.29) is 30.8 Å². The van der Waals surface area contributed by atoms with E-state index >= 15 is 0 Å². The molecule has 0 radical (unpaired) electrons. The molecular weight excluding hydrogens is 499 g/mol. The Kier molecular flexibility index (Phi) is 12.4. The first-order valence-corrected chi connectivity index (χ1v) is 13.4. The second-order valence-electron chi connectivity index (χ2n) is 8.65. The first-order chi connectivity index (χ1) is 17.2. The molecule has 2 amide bonds. The molecule has 2 rings (SSSR count). The maximum absolute atomic E-state index is 13.6. The van der Waals surface area contributed by atoms with E-state index < -0.39 is 6.04 Å². The predicted molar refractivity (Wildman–Crippen MR) is 146 cm³/mol. The number of nitrogens with one attached hydrogen (secondary N) is 1. The Morgan fingerprint density at radius 2 is 1.64 bits per heavy atom. The number of carbonyl (C=O) groups is 2. The SMILES string of the molecule is CCOc1ccc(CCC(=O)N(Cc2ccc(Cl)cc2Cl)[C@H](CC)C(=O)N[C@H](C)CC)cc1OCC. The molecule has 8 heteroatoms. The third-order valence-electron chi connectivity index (χ3n) is 5.98. The second kappa shape index (κ2) is 15.0. The fourth-order valence-corrected chi connectivity index (χ4v) is 4.31. The summed E-state index contributed by atoms with van der Waals surface area (Å²) in [5.41, 5.74) is 1.70. The van der Waals surface area contributed by atoms with Crippen LogP contribution in [0.3, 0.4) is 0 Å². The molecule has 0 unspecified atom stereocenters. The highest BCUT2D eigenvalue weighted by Gasteiger charge is 2.29. The van der Waals surface area contributed by atoms with Crippen molar-refractivity contribution >= 4 is 35.0 Å². The van der Waals surface area contributed by atoms with Crippen molar-refractivity contribution in [3.8, 4) is 11.5 Å². The standard InChI is InChI=1S/C28H38Cl2N2O4/c1-6-19(5)31-28(34)24(7-2)32(18-21-12-13-22(29)17-23(21)30)27(33)15-11-20-10-14-25(35-8-3)26(16-20)36-9-4/h10,12-14,16-17,19,24H,6-9,11,15,18H2,1-5H3,(H,31,34)/t19-,24-/m1/s1. The smallest absolute Gasteiger partial charge is 0.243 e. The van der Waals surface area contributed by atoms with Gasteiger partial charge in [0, 0.05) is 29.1 Å². The number of rotatable bonds is 14. The molecule has 0 aliphatic rings. The largest absolute Gasteiger partial charge is 0.490 e. The van der Waals surface area contributed by atoms with Gasteiger partial charge in [0.2, 0.25) is 11.8 Å². The van der Waals surface area contributed by atoms with E-state index in [0.717, 1.165) is 17.5 Å². The van der Waals surface area contributed by atoms with Crippen LogP contribution in [0.2, 0.25) is 10.0 Å². The summed E-state index contributed by atoms with van der Waals surface area (Å²) in [5, 5.41) is 4.00. The minimum atomic E-state index is -0.613. The fraction of sp³-hybridized carbons (Fsp3) is 0.500. The summed E-state index contributed by atoms with van der Waals surface area (Å²) in [7, 11) is 0. The lowest BCUT2D eigenvalue weighted by atomic mass is 10.0. The minimum absolute atomic E-state index is 0.0171. The first kappa shape index (κ1) is 29.8. The number of benzene rings is 2. The molecule has 36 heavy (non-hydrogen) atoms. The van der Waals surface area contributed by atoms with Crippen LogP contribution in [0.15, 0.2) is 36.4 Å². The van der Waals surface area contributed by atoms with Gasteiger partial charge in [-0.15, -0.1) is 0 Å². The van der Waals surface area contributed by atoms with Gasteiger partial charge in [0.15, 0.2) is 11.5 Å². The van der Waals surface area contributed by atoms with E-state index in [1.165, 1.54) is 0 Å². The fourth-order valence-electron chi connectivity index (χ4n) is 3.84. The molecule has 2 aromatic rings. The predicted octanol–water partition coefficient (Wildman–Crippen LogP) is 6.45. The van der Waals surface area contributed by atoms with Crippen molar-refractivity contribution in [2.75, 3.05) is 13.2 Å². The van der Waals surface area contributed by atoms with Gasteiger partial charge in [0.05, 0.1) is 13.2 Å². The number of nitrogens with zero attached hydrogens (tertiary/aromatic N) is 1. The van der Waals surface area contributed by atoms with Gasteiger partial charge < -0.3 is 19.7 Å². The van der Waals surface area contributed by atoms with Crippen LogP contribution in [0.5, 0.6) is 11.5 Å². The molecule has 0 heterocycles. The summed E-state index contributed by atoms with van der Waals surface area (Å²) in [4.78, 5) is 28.3. The molecule has 2 aromatic carbocycles. The number of amides is 2. The third kappa shape index (κ3) is 8.59. The van der Waals surface area contributed by atoms with E-state index in [0.29, 0.717) is 47.6 Å². The van der Waals surface area contributed by atoms with Gasteiger partial charge in [-0.05, 0) is 75.4 Å². The van der Waals surface area contributed by atoms with E-state index in [2.05, 4.69) is 5.32 Å². The topological polar surface area (TPSA) is 67.9 Å². The van der Waals surface area contributed by atoms with Crippen molar-refractivity contribution in [1.29, 1.82) is 0 Å². The van der Waals surface area contributed by atoms with Gasteiger partial charge in [-0.25, -0.2) is 0 Å². The molecule has 198 valence electrons. The zero-order valence-corrected chi connectivity index (χ0v) is 23.4. The summed E-state index contributed by atoms with van der Waals surface area (Å²) in [6.07, 6.45) is 2.02. The first-order valence-electron chi connectivity index (χ1n) is 12.7. The summed E-state index contributed by atoms with van der Waals surface area (Å²) in [6.45, 7) is 11.0. The van der Waals surface area contributed by atoms with E-state index in [9.17, 15) is 9.59 Å². The Labute approximate surface area is 225 Å². The zero-order valence-electron chi connectivity index (χ0n) is 21.9. The van der Waals surface area contributed by atoms with Gasteiger partial charge in [-0.3, -0.25) is 9.59 Å². The summed E-state index contributed by atoms with van der Waals surface area (Å²) in [5.74, 6) is 1.05. The molecule has 0 aromatic heterocycles. The quantitative estimate of drug-likeness (QED) is 0.301. The molecule has 0 aliphatic carbocycles. The van der Waals surface area contributed by atoms with Crippen LogP contribution >= 0.6 is 23.2 Å². The van der Waals surface area contributed by atoms with Crippen LogP contribution in [-0.4, -0.2) is 42.0 Å². The molecule has 0 aliphatic heterocycles. The van der Waals surface area contributed by atoms with Gasteiger partial charge in [-0.2, -0.15) is 0 Å². The highest BCUT2D eigenvalue weighted by Crippen LogP contribution is 2.29. The molecule has 0 fully saturated rings. The van der Waals surface area contributed by atoms with Crippen molar-refractivity contribution in [3.05, 3.63) is 57.6 Å². The number of hydrogen-bond acceptors (Lipinski definition) is 4. The maximum Gasteiger partial charge on any atom is 0.243 e. The van der Waals surface area contributed by atoms with E-state index in [4.69, 9.17) is 32.7 Å². The molecule has 0 spiro atoms. The Morgan fingerprint density at radius 1 is 0.944 bits per heavy atom. The van der Waals surface area contributed by atoms with Crippen LogP contribution in [-0.2, 0) is 22.6 Å². The average molecular weight is 538 g/mol. The summed E-state index contributed by atoms with van der Waals surface area (Å²) < 4.78 is 11.4. The number of halogens is 2. The van der Waals surface area contributed by atoms with Crippen LogP contribution in [0.25, 0.3) is 0 Å². The lowest BCUT2D eigenvalue weighted by molar-refractivity contribution is -0.141. The maximum atomic E-state index is 13.6. The lowest BCUT2D eigenvalue weighted by Gasteiger charge is -2.32. The van der Waals surface area contributed by atoms with E-state index in [1.54, 1.807) is 23.1 Å². The summed E-state index contributed by atoms with van der Waals surface area (Å²) in [6, 6.07) is 10.3. The van der Waals surface area contributed by atoms with Crippen LogP contribution < -0.4 is 14.8 Å². The normalized spacial score (nSPS) is 12.5. The van der Waals surface area contributed by atoms with Gasteiger partial charge in [-0.1, -0.05) is 49.2 Å². The number of ether oxygens (including phenoxy) is 2. The third-order valence-corrected chi connectivity index (χ3v) is 6.57. The Balaban J connectivity index is 2.27. The molecule has 2 atom stereocenters. The molecule has 0 saturated carbocycles. The van der Waals surface area contributed by atoms with Crippen LogP contribution in [0.4, 0.5) is 0 Å². The summed E-state index contributed by atoms with van der Waals surface area (Å²) >= 11 is 12.5. The molecule has 1 N–H and O–H groups in total. The van der Waals surface area contributed by atoms with Crippen molar-refractivity contribution in [2.24, 2.45) is 0 Å².